The van der Waals surface area contributed by atoms with Crippen LogP contribution in [0.1, 0.15) is 42.8 Å². The van der Waals surface area contributed by atoms with Crippen LogP contribution in [-0.4, -0.2) is 22.9 Å². The Morgan fingerprint density at radius 3 is 2.28 bits per heavy atom. The van der Waals surface area contributed by atoms with E-state index in [0.717, 1.165) is 17.7 Å². The van der Waals surface area contributed by atoms with E-state index in [9.17, 15) is 19.7 Å². The van der Waals surface area contributed by atoms with Gasteiger partial charge in [-0.3, -0.25) is 14.9 Å². The molecule has 8 nitrogen and oxygen atoms in total. The minimum absolute atomic E-state index is 0.340. The number of rotatable bonds is 6. The molecule has 1 amide bonds. The van der Waals surface area contributed by atoms with Crippen molar-refractivity contribution in [1.82, 2.24) is 0 Å². The molecule has 0 aliphatic carbocycles. The molecule has 0 saturated heterocycles. The van der Waals surface area contributed by atoms with Crippen molar-refractivity contribution < 1.29 is 23.7 Å². The third-order valence-electron chi connectivity index (χ3n) is 3.47. The summed E-state index contributed by atoms with van der Waals surface area (Å²) in [7, 11) is 0. The van der Waals surface area contributed by atoms with Gasteiger partial charge in [-0.2, -0.15) is 0 Å². The van der Waals surface area contributed by atoms with Crippen molar-refractivity contribution in [2.24, 2.45) is 0 Å². The van der Waals surface area contributed by atoms with Crippen LogP contribution in [0.25, 0.3) is 0 Å². The third-order valence-corrected chi connectivity index (χ3v) is 3.47. The lowest BCUT2D eigenvalue weighted by Crippen LogP contribution is -2.29. The predicted molar refractivity (Wildman–Crippen MR) is 89.4 cm³/mol. The fourth-order valence-corrected chi connectivity index (χ4v) is 2.00. The molecule has 1 atom stereocenters. The van der Waals surface area contributed by atoms with Crippen LogP contribution in [0.2, 0.25) is 0 Å². The first kappa shape index (κ1) is 18.2. The Kier molecular flexibility index (Phi) is 5.53. The highest BCUT2D eigenvalue weighted by atomic mass is 16.7. The normalized spacial score (nSPS) is 11.8. The van der Waals surface area contributed by atoms with E-state index >= 15 is 0 Å². The second-order valence-electron chi connectivity index (χ2n) is 5.71. The minimum atomic E-state index is -1.10. The number of esters is 1. The Hall–Kier alpha value is -3.16. The molecule has 25 heavy (non-hydrogen) atoms. The SMILES string of the molecule is CC(C)c1ccc(NC(=O)[C@@H](C)OC(=O)c2ccc([N+](=O)[O-])o2)cc1. The largest absolute Gasteiger partial charge is 0.447 e. The number of hydrogen-bond acceptors (Lipinski definition) is 6. The van der Waals surface area contributed by atoms with Gasteiger partial charge in [-0.25, -0.2) is 4.79 Å². The molecule has 0 radical (unpaired) electrons. The molecule has 8 heteroatoms. The first-order valence-corrected chi connectivity index (χ1v) is 7.64. The van der Waals surface area contributed by atoms with Crippen LogP contribution < -0.4 is 5.32 Å². The summed E-state index contributed by atoms with van der Waals surface area (Å²) < 4.78 is 9.69. The van der Waals surface area contributed by atoms with Crippen molar-refractivity contribution in [3.8, 4) is 0 Å². The number of nitrogens with one attached hydrogen (secondary N) is 1. The van der Waals surface area contributed by atoms with Crippen LogP contribution in [0.5, 0.6) is 0 Å². The number of ether oxygens (including phenoxy) is 1. The summed E-state index contributed by atoms with van der Waals surface area (Å²) in [6, 6.07) is 9.49. The quantitative estimate of drug-likeness (QED) is 0.487. The number of amides is 1. The van der Waals surface area contributed by atoms with Gasteiger partial charge in [0.25, 0.3) is 5.91 Å². The van der Waals surface area contributed by atoms with Crippen LogP contribution in [0.15, 0.2) is 40.8 Å². The van der Waals surface area contributed by atoms with Gasteiger partial charge in [0.2, 0.25) is 5.76 Å². The summed E-state index contributed by atoms with van der Waals surface area (Å²) in [6.45, 7) is 5.52. The van der Waals surface area contributed by atoms with Crippen molar-refractivity contribution in [3.63, 3.8) is 0 Å². The lowest BCUT2D eigenvalue weighted by atomic mass is 10.0. The van der Waals surface area contributed by atoms with Crippen molar-refractivity contribution in [2.75, 3.05) is 5.32 Å². The summed E-state index contributed by atoms with van der Waals surface area (Å²) in [4.78, 5) is 33.7. The molecule has 2 aromatic rings. The molecule has 0 fully saturated rings. The van der Waals surface area contributed by atoms with E-state index < -0.39 is 28.8 Å². The minimum Gasteiger partial charge on any atom is -0.447 e. The van der Waals surface area contributed by atoms with Gasteiger partial charge in [-0.05, 0) is 36.6 Å². The standard InChI is InChI=1S/C17H18N2O6/c1-10(2)12-4-6-13(7-5-12)18-16(20)11(3)24-17(21)14-8-9-15(25-14)19(22)23/h4-11H,1-3H3,(H,18,20)/t11-/m1/s1. The summed E-state index contributed by atoms with van der Waals surface area (Å²) >= 11 is 0. The first-order chi connectivity index (χ1) is 11.8. The van der Waals surface area contributed by atoms with E-state index in [-0.39, 0.29) is 5.76 Å². The highest BCUT2D eigenvalue weighted by molar-refractivity contribution is 5.96. The van der Waals surface area contributed by atoms with Crippen LogP contribution in [0.3, 0.4) is 0 Å². The number of benzene rings is 1. The summed E-state index contributed by atoms with van der Waals surface area (Å²) in [6.07, 6.45) is -1.10. The molecule has 1 N–H and O–H groups in total. The molecule has 0 spiro atoms. The fraction of sp³-hybridized carbons (Fsp3) is 0.294. The van der Waals surface area contributed by atoms with Crippen molar-refractivity contribution in [1.29, 1.82) is 0 Å². The first-order valence-electron chi connectivity index (χ1n) is 7.64. The molecule has 0 saturated carbocycles. The third kappa shape index (κ3) is 4.66. The Morgan fingerprint density at radius 2 is 1.76 bits per heavy atom. The highest BCUT2D eigenvalue weighted by Crippen LogP contribution is 2.19. The molecule has 1 aromatic carbocycles. The molecule has 132 valence electrons. The number of nitrogens with zero attached hydrogens (tertiary/aromatic N) is 1. The Bertz CT molecular complexity index is 779. The van der Waals surface area contributed by atoms with Crippen LogP contribution >= 0.6 is 0 Å². The van der Waals surface area contributed by atoms with Gasteiger partial charge in [0.05, 0.1) is 6.07 Å². The fourth-order valence-electron chi connectivity index (χ4n) is 2.00. The van der Waals surface area contributed by atoms with Gasteiger partial charge in [0.1, 0.15) is 4.92 Å². The number of hydrogen-bond donors (Lipinski definition) is 1. The monoisotopic (exact) mass is 346 g/mol. The zero-order valence-corrected chi connectivity index (χ0v) is 14.0. The maximum atomic E-state index is 12.1. The number of carbonyl (C=O) groups excluding carboxylic acids is 2. The van der Waals surface area contributed by atoms with E-state index in [2.05, 4.69) is 19.2 Å². The van der Waals surface area contributed by atoms with E-state index in [1.807, 2.05) is 12.1 Å². The molecule has 0 aliphatic rings. The Labute approximate surface area is 143 Å². The maximum absolute atomic E-state index is 12.1. The molecular formula is C17H18N2O6. The van der Waals surface area contributed by atoms with Crippen LogP contribution in [0, 0.1) is 10.1 Å². The second kappa shape index (κ2) is 7.61. The zero-order chi connectivity index (χ0) is 18.6. The lowest BCUT2D eigenvalue weighted by Gasteiger charge is -2.13. The lowest BCUT2D eigenvalue weighted by molar-refractivity contribution is -0.402. The van der Waals surface area contributed by atoms with Crippen molar-refractivity contribution in [3.05, 3.63) is 57.8 Å². The van der Waals surface area contributed by atoms with Gasteiger partial charge < -0.3 is 14.5 Å². The number of carbonyl (C=O) groups is 2. The van der Waals surface area contributed by atoms with Gasteiger partial charge >= 0.3 is 11.9 Å². The predicted octanol–water partition coefficient (Wildman–Crippen LogP) is 3.50. The number of furan rings is 1. The number of nitro groups is 1. The van der Waals surface area contributed by atoms with Gasteiger partial charge in [0.15, 0.2) is 6.10 Å². The maximum Gasteiger partial charge on any atom is 0.433 e. The second-order valence-corrected chi connectivity index (χ2v) is 5.71. The highest BCUT2D eigenvalue weighted by Gasteiger charge is 2.23. The average molecular weight is 346 g/mol. The zero-order valence-electron chi connectivity index (χ0n) is 14.0. The van der Waals surface area contributed by atoms with Crippen LogP contribution in [-0.2, 0) is 9.53 Å². The Balaban J connectivity index is 1.94. The van der Waals surface area contributed by atoms with Crippen molar-refractivity contribution >= 4 is 23.4 Å². The Morgan fingerprint density at radius 1 is 1.12 bits per heavy atom. The summed E-state index contributed by atoms with van der Waals surface area (Å²) in [5.74, 6) is -2.01. The molecular weight excluding hydrogens is 328 g/mol. The molecule has 0 aliphatic heterocycles. The average Bonchev–Trinajstić information content (AvgIpc) is 3.05. The van der Waals surface area contributed by atoms with E-state index in [0.29, 0.717) is 11.6 Å². The number of anilines is 1. The topological polar surface area (TPSA) is 112 Å². The molecule has 1 heterocycles. The van der Waals surface area contributed by atoms with Gasteiger partial charge in [0, 0.05) is 5.69 Å². The van der Waals surface area contributed by atoms with Gasteiger partial charge in [-0.1, -0.05) is 26.0 Å². The molecule has 2 rings (SSSR count). The van der Waals surface area contributed by atoms with E-state index in [1.165, 1.54) is 6.92 Å². The molecule has 1 aromatic heterocycles. The van der Waals surface area contributed by atoms with Crippen molar-refractivity contribution in [2.45, 2.75) is 32.8 Å². The van der Waals surface area contributed by atoms with Crippen LogP contribution in [0.4, 0.5) is 11.6 Å². The van der Waals surface area contributed by atoms with Gasteiger partial charge in [-0.15, -0.1) is 0 Å². The summed E-state index contributed by atoms with van der Waals surface area (Å²) in [5, 5.41) is 13.2. The van der Waals surface area contributed by atoms with E-state index in [1.54, 1.807) is 12.1 Å². The molecule has 0 unspecified atom stereocenters. The molecule has 0 bridgehead atoms. The smallest absolute Gasteiger partial charge is 0.433 e. The van der Waals surface area contributed by atoms with E-state index in [4.69, 9.17) is 9.15 Å². The summed E-state index contributed by atoms with van der Waals surface area (Å²) in [5.41, 5.74) is 1.71.